The predicted molar refractivity (Wildman–Crippen MR) is 117 cm³/mol. The van der Waals surface area contributed by atoms with Crippen molar-refractivity contribution in [2.45, 2.75) is 43.6 Å². The van der Waals surface area contributed by atoms with Gasteiger partial charge in [0.25, 0.3) is 0 Å². The molecule has 0 unspecified atom stereocenters. The minimum Gasteiger partial charge on any atom is -0.337 e. The third-order valence-corrected chi connectivity index (χ3v) is 6.54. The Morgan fingerprint density at radius 2 is 1.54 bits per heavy atom. The highest BCUT2D eigenvalue weighted by Gasteiger charge is 2.48. The molecule has 0 N–H and O–H groups in total. The Bertz CT molecular complexity index is 755. The van der Waals surface area contributed by atoms with E-state index in [0.717, 1.165) is 38.9 Å². The molecule has 1 atom stereocenters. The van der Waals surface area contributed by atoms with Crippen molar-refractivity contribution in [1.82, 2.24) is 9.80 Å². The molecule has 2 aliphatic rings. The molecule has 3 nitrogen and oxygen atoms in total. The van der Waals surface area contributed by atoms with Crippen molar-refractivity contribution >= 4 is 18.3 Å². The van der Waals surface area contributed by atoms with E-state index in [1.54, 1.807) is 0 Å². The number of rotatable bonds is 6. The van der Waals surface area contributed by atoms with Crippen molar-refractivity contribution < 1.29 is 4.79 Å². The molecule has 0 radical (unpaired) electrons. The molecule has 0 spiro atoms. The number of halogens is 1. The predicted octanol–water partition coefficient (Wildman–Crippen LogP) is 4.83. The molecule has 2 aromatic carbocycles. The molecule has 150 valence electrons. The maximum atomic E-state index is 13.7. The van der Waals surface area contributed by atoms with Crippen LogP contribution in [0.15, 0.2) is 60.7 Å². The van der Waals surface area contributed by atoms with E-state index in [-0.39, 0.29) is 29.8 Å². The number of benzene rings is 2. The van der Waals surface area contributed by atoms with Crippen LogP contribution >= 0.6 is 12.4 Å². The zero-order chi connectivity index (χ0) is 18.7. The van der Waals surface area contributed by atoms with E-state index in [9.17, 15) is 4.79 Å². The van der Waals surface area contributed by atoms with Gasteiger partial charge in [-0.05, 0) is 49.9 Å². The summed E-state index contributed by atoms with van der Waals surface area (Å²) in [5, 5.41) is 0. The maximum Gasteiger partial charge on any atom is 0.233 e. The molecule has 4 rings (SSSR count). The van der Waals surface area contributed by atoms with Crippen LogP contribution < -0.4 is 0 Å². The smallest absolute Gasteiger partial charge is 0.233 e. The Hall–Kier alpha value is -1.84. The quantitative estimate of drug-likeness (QED) is 0.696. The molecule has 1 amide bonds. The molecule has 2 fully saturated rings. The molecule has 0 aromatic heterocycles. The number of nitrogens with zero attached hydrogens (tertiary/aromatic N) is 2. The van der Waals surface area contributed by atoms with E-state index < -0.39 is 0 Å². The fourth-order valence-electron chi connectivity index (χ4n) is 4.73. The molecule has 4 heteroatoms. The first-order valence-corrected chi connectivity index (χ1v) is 10.3. The molecule has 1 saturated heterocycles. The zero-order valence-electron chi connectivity index (χ0n) is 16.7. The van der Waals surface area contributed by atoms with Gasteiger partial charge in [0.15, 0.2) is 0 Å². The van der Waals surface area contributed by atoms with Gasteiger partial charge in [-0.3, -0.25) is 4.79 Å². The molecule has 1 aliphatic carbocycles. The maximum absolute atomic E-state index is 13.7. The van der Waals surface area contributed by atoms with Gasteiger partial charge in [-0.25, -0.2) is 0 Å². The monoisotopic (exact) mass is 398 g/mol. The van der Waals surface area contributed by atoms with Gasteiger partial charge < -0.3 is 9.80 Å². The normalized spacial score (nSPS) is 19.3. The number of likely N-dealkylation sites (N-methyl/N-ethyl adjacent to an activating group) is 1. The van der Waals surface area contributed by atoms with E-state index in [4.69, 9.17) is 0 Å². The highest BCUT2D eigenvalue weighted by atomic mass is 35.5. The van der Waals surface area contributed by atoms with Crippen LogP contribution in [0.1, 0.15) is 49.3 Å². The lowest BCUT2D eigenvalue weighted by molar-refractivity contribution is -0.142. The van der Waals surface area contributed by atoms with Crippen LogP contribution in [-0.4, -0.2) is 42.4 Å². The Balaban J connectivity index is 0.00000225. The summed E-state index contributed by atoms with van der Waals surface area (Å²) in [5.74, 6) is 0.285. The topological polar surface area (TPSA) is 23.6 Å². The first-order chi connectivity index (χ1) is 13.2. The van der Waals surface area contributed by atoms with Gasteiger partial charge in [-0.2, -0.15) is 0 Å². The molecule has 0 bridgehead atoms. The molecule has 28 heavy (non-hydrogen) atoms. The zero-order valence-corrected chi connectivity index (χ0v) is 17.5. The number of likely N-dealkylation sites (tertiary alicyclic amines) is 1. The lowest BCUT2D eigenvalue weighted by atomic mass is 9.63. The van der Waals surface area contributed by atoms with Crippen LogP contribution in [0.2, 0.25) is 0 Å². The van der Waals surface area contributed by atoms with E-state index in [1.165, 1.54) is 24.0 Å². The number of hydrogen-bond donors (Lipinski definition) is 0. The van der Waals surface area contributed by atoms with Crippen molar-refractivity contribution in [3.8, 4) is 0 Å². The van der Waals surface area contributed by atoms with E-state index >= 15 is 0 Å². The Kier molecular flexibility index (Phi) is 6.79. The van der Waals surface area contributed by atoms with Crippen molar-refractivity contribution in [3.63, 3.8) is 0 Å². The van der Waals surface area contributed by atoms with Crippen LogP contribution in [0.5, 0.6) is 0 Å². The van der Waals surface area contributed by atoms with Crippen LogP contribution in [0.4, 0.5) is 0 Å². The van der Waals surface area contributed by atoms with Gasteiger partial charge in [0.1, 0.15) is 0 Å². The fourth-order valence-corrected chi connectivity index (χ4v) is 4.73. The van der Waals surface area contributed by atoms with Crippen molar-refractivity contribution in [1.29, 1.82) is 0 Å². The largest absolute Gasteiger partial charge is 0.337 e. The summed E-state index contributed by atoms with van der Waals surface area (Å²) >= 11 is 0. The third kappa shape index (κ3) is 3.97. The summed E-state index contributed by atoms with van der Waals surface area (Å²) in [6.07, 6.45) is 5.60. The minimum atomic E-state index is -0.325. The van der Waals surface area contributed by atoms with Gasteiger partial charge >= 0.3 is 0 Å². The number of amides is 1. The average Bonchev–Trinajstić information content (AvgIpc) is 3.19. The molecule has 2 aromatic rings. The van der Waals surface area contributed by atoms with E-state index in [0.29, 0.717) is 0 Å². The highest BCUT2D eigenvalue weighted by Crippen LogP contribution is 2.46. The van der Waals surface area contributed by atoms with Crippen LogP contribution in [-0.2, 0) is 10.2 Å². The molecular weight excluding hydrogens is 368 g/mol. The van der Waals surface area contributed by atoms with Gasteiger partial charge in [0.2, 0.25) is 5.91 Å². The van der Waals surface area contributed by atoms with Gasteiger partial charge in [0, 0.05) is 13.6 Å². The molecular formula is C24H31ClN2O. The average molecular weight is 399 g/mol. The van der Waals surface area contributed by atoms with Gasteiger partial charge in [-0.15, -0.1) is 12.4 Å². The van der Waals surface area contributed by atoms with Crippen LogP contribution in [0.25, 0.3) is 0 Å². The summed E-state index contributed by atoms with van der Waals surface area (Å²) in [4.78, 5) is 18.3. The van der Waals surface area contributed by atoms with Gasteiger partial charge in [-0.1, -0.05) is 67.1 Å². The van der Waals surface area contributed by atoms with Crippen molar-refractivity contribution in [2.24, 2.45) is 0 Å². The standard InChI is InChI=1S/C24H30N2O.ClH/c1-25(23(27)24(15-10-16-24)21-13-6-3-7-14-21)22(19-26-17-8-9-18-26)20-11-4-2-5-12-20;/h2-7,11-14,22H,8-10,15-19H2,1H3;1H/t22-;/m1./s1. The summed E-state index contributed by atoms with van der Waals surface area (Å²) in [5.41, 5.74) is 2.09. The summed E-state index contributed by atoms with van der Waals surface area (Å²) in [6.45, 7) is 3.22. The van der Waals surface area contributed by atoms with Crippen LogP contribution in [0.3, 0.4) is 0 Å². The Morgan fingerprint density at radius 1 is 0.964 bits per heavy atom. The fraction of sp³-hybridized carbons (Fsp3) is 0.458. The Morgan fingerprint density at radius 3 is 2.07 bits per heavy atom. The van der Waals surface area contributed by atoms with E-state index in [1.807, 2.05) is 18.0 Å². The van der Waals surface area contributed by atoms with Crippen molar-refractivity contribution in [3.05, 3.63) is 71.8 Å². The second-order valence-corrected chi connectivity index (χ2v) is 8.15. The number of carbonyl (C=O) groups is 1. The Labute approximate surface area is 175 Å². The van der Waals surface area contributed by atoms with Crippen molar-refractivity contribution in [2.75, 3.05) is 26.7 Å². The summed E-state index contributed by atoms with van der Waals surface area (Å²) in [7, 11) is 2.01. The third-order valence-electron chi connectivity index (χ3n) is 6.54. The first kappa shape index (κ1) is 20.9. The lowest BCUT2D eigenvalue weighted by Gasteiger charge is -2.45. The second-order valence-electron chi connectivity index (χ2n) is 8.15. The lowest BCUT2D eigenvalue weighted by Crippen LogP contribution is -2.52. The molecule has 1 heterocycles. The minimum absolute atomic E-state index is 0. The summed E-state index contributed by atoms with van der Waals surface area (Å²) in [6, 6.07) is 21.1. The van der Waals surface area contributed by atoms with Gasteiger partial charge in [0.05, 0.1) is 11.5 Å². The molecule has 1 saturated carbocycles. The summed E-state index contributed by atoms with van der Waals surface area (Å²) < 4.78 is 0. The number of carbonyl (C=O) groups excluding carboxylic acids is 1. The first-order valence-electron chi connectivity index (χ1n) is 10.3. The SMILES string of the molecule is CN(C(=O)C1(c2ccccc2)CCC1)[C@H](CN1CCCC1)c1ccccc1.Cl. The molecule has 1 aliphatic heterocycles. The van der Waals surface area contributed by atoms with E-state index in [2.05, 4.69) is 59.5 Å². The highest BCUT2D eigenvalue weighted by molar-refractivity contribution is 5.89. The number of hydrogen-bond acceptors (Lipinski definition) is 2. The van der Waals surface area contributed by atoms with Crippen LogP contribution in [0, 0.1) is 0 Å². The second kappa shape index (κ2) is 9.11.